The second kappa shape index (κ2) is 8.54. The zero-order chi connectivity index (χ0) is 20.4. The first-order valence-corrected chi connectivity index (χ1v) is 10.0. The predicted octanol–water partition coefficient (Wildman–Crippen LogP) is 0.376. The van der Waals surface area contributed by atoms with Crippen LogP contribution in [0.5, 0.6) is 0 Å². The maximum absolute atomic E-state index is 5.71. The average Bonchev–Trinajstić information content (AvgIpc) is 2.75. The van der Waals surface area contributed by atoms with Gasteiger partial charge in [0.2, 0.25) is 7.98 Å². The Morgan fingerprint density at radius 3 is 1.48 bits per heavy atom. The third-order valence-electron chi connectivity index (χ3n) is 5.57. The van der Waals surface area contributed by atoms with Gasteiger partial charge in [-0.3, -0.25) is 0 Å². The van der Waals surface area contributed by atoms with E-state index in [-0.39, 0.29) is 20.9 Å². The van der Waals surface area contributed by atoms with E-state index in [9.17, 15) is 0 Å². The van der Waals surface area contributed by atoms with Gasteiger partial charge in [-0.25, -0.2) is 0 Å². The molecule has 1 heterocycles. The molecule has 1 aliphatic rings. The van der Waals surface area contributed by atoms with Crippen molar-refractivity contribution in [2.24, 2.45) is 0 Å². The van der Waals surface area contributed by atoms with Crippen LogP contribution < -0.4 is 37.0 Å². The molecule has 29 heavy (non-hydrogen) atoms. The van der Waals surface area contributed by atoms with Crippen LogP contribution in [0.1, 0.15) is 16.7 Å². The summed E-state index contributed by atoms with van der Waals surface area (Å²) in [7, 11) is 5.71. The summed E-state index contributed by atoms with van der Waals surface area (Å²) < 4.78 is 0. The van der Waals surface area contributed by atoms with Crippen molar-refractivity contribution in [1.29, 1.82) is 0 Å². The van der Waals surface area contributed by atoms with Crippen molar-refractivity contribution in [3.63, 3.8) is 0 Å². The van der Waals surface area contributed by atoms with Crippen LogP contribution in [0.15, 0.2) is 66.7 Å². The fourth-order valence-electron chi connectivity index (χ4n) is 3.71. The van der Waals surface area contributed by atoms with Gasteiger partial charge in [0.15, 0.2) is 0 Å². The number of benzene rings is 3. The highest BCUT2D eigenvalue weighted by molar-refractivity contribution is 6.99. The van der Waals surface area contributed by atoms with Crippen LogP contribution in [-0.2, 0) is 0 Å². The lowest BCUT2D eigenvalue weighted by Gasteiger charge is -2.34. The normalized spacial score (nSPS) is 14.2. The fraction of sp³-hybridized carbons (Fsp3) is 0.143. The summed E-state index contributed by atoms with van der Waals surface area (Å²) >= 11 is 0. The van der Waals surface area contributed by atoms with Crippen molar-refractivity contribution in [3.05, 3.63) is 83.4 Å². The van der Waals surface area contributed by atoms with Crippen molar-refractivity contribution in [3.8, 4) is 0 Å². The van der Waals surface area contributed by atoms with Crippen LogP contribution in [0.3, 0.4) is 0 Å². The van der Waals surface area contributed by atoms with Crippen LogP contribution in [0.25, 0.3) is 0 Å². The molecule has 0 amide bonds. The Morgan fingerprint density at radius 1 is 0.621 bits per heavy atom. The molecule has 2 radical (unpaired) electrons. The van der Waals surface area contributed by atoms with Crippen molar-refractivity contribution in [2.75, 3.05) is 5.23 Å². The molecule has 140 valence electrons. The first kappa shape index (κ1) is 19.9. The van der Waals surface area contributed by atoms with Gasteiger partial charge in [-0.15, -0.1) is 0 Å². The second-order valence-corrected chi connectivity index (χ2v) is 7.84. The lowest BCUT2D eigenvalue weighted by Crippen LogP contribution is -2.83. The predicted molar refractivity (Wildman–Crippen MR) is 128 cm³/mol. The first-order chi connectivity index (χ1) is 14.0. The Morgan fingerprint density at radius 2 is 1.03 bits per heavy atom. The van der Waals surface area contributed by atoms with Gasteiger partial charge in [0, 0.05) is 5.69 Å². The number of rotatable bonds is 4. The van der Waals surface area contributed by atoms with Gasteiger partial charge >= 0.3 is 20.9 Å². The van der Waals surface area contributed by atoms with E-state index in [1.54, 1.807) is 0 Å². The van der Waals surface area contributed by atoms with E-state index in [1.807, 2.05) is 6.92 Å². The third-order valence-corrected chi connectivity index (χ3v) is 5.57. The van der Waals surface area contributed by atoms with E-state index in [2.05, 4.69) is 101 Å². The molecular weight excluding hydrogens is 352 g/mol. The van der Waals surface area contributed by atoms with Gasteiger partial charge in [-0.1, -0.05) is 71.8 Å². The van der Waals surface area contributed by atoms with Crippen LogP contribution in [0.2, 0.25) is 0 Å². The molecule has 4 N–H and O–H groups in total. The molecular formula is C21H24B4N4. The SMILES string of the molecule is [B]Nc1cc(B2NB(c3ccc(C)cc3)NB(c3ccc(C)cc3)N2)ccc1C. The zero-order valence-electron chi connectivity index (χ0n) is 17.2. The minimum atomic E-state index is -0.0263. The van der Waals surface area contributed by atoms with E-state index in [4.69, 9.17) is 7.98 Å². The molecule has 0 saturated carbocycles. The number of hydrogen-bond acceptors (Lipinski definition) is 4. The topological polar surface area (TPSA) is 48.1 Å². The van der Waals surface area contributed by atoms with Crippen molar-refractivity contribution >= 4 is 51.0 Å². The van der Waals surface area contributed by atoms with E-state index in [1.165, 1.54) is 22.1 Å². The third kappa shape index (κ3) is 4.45. The summed E-state index contributed by atoms with van der Waals surface area (Å²) in [6, 6.07) is 23.7. The number of anilines is 1. The summed E-state index contributed by atoms with van der Waals surface area (Å²) in [5.41, 5.74) is 8.13. The van der Waals surface area contributed by atoms with Crippen LogP contribution in [0.4, 0.5) is 5.69 Å². The molecule has 4 nitrogen and oxygen atoms in total. The molecule has 0 bridgehead atoms. The zero-order valence-corrected chi connectivity index (χ0v) is 17.2. The molecule has 0 unspecified atom stereocenters. The standard InChI is InChI=1S/C21H24B4N4/c1-15-4-9-18(10-5-15)23-27-24(19-11-6-16(2)7-12-19)29-25(28-23)20-13-8-17(3)21(14-20)26-22/h4-14,26-29H,1-3H3. The number of hydrogen-bond donors (Lipinski definition) is 4. The summed E-state index contributed by atoms with van der Waals surface area (Å²) in [4.78, 5) is 0. The lowest BCUT2D eigenvalue weighted by atomic mass is 9.43. The van der Waals surface area contributed by atoms with Crippen LogP contribution in [-0.4, -0.2) is 28.9 Å². The van der Waals surface area contributed by atoms with Gasteiger partial charge in [0.25, 0.3) is 0 Å². The quantitative estimate of drug-likeness (QED) is 0.498. The summed E-state index contributed by atoms with van der Waals surface area (Å²) in [5.74, 6) is 0. The molecule has 3 aromatic carbocycles. The summed E-state index contributed by atoms with van der Waals surface area (Å²) in [6.45, 7) is 6.28. The minimum Gasteiger partial charge on any atom is -0.437 e. The molecule has 4 rings (SSSR count). The highest BCUT2D eigenvalue weighted by Crippen LogP contribution is 2.11. The Hall–Kier alpha value is -2.40. The van der Waals surface area contributed by atoms with Crippen LogP contribution in [0, 0.1) is 20.8 Å². The monoisotopic (exact) mass is 376 g/mol. The molecule has 3 aromatic rings. The molecule has 0 atom stereocenters. The minimum absolute atomic E-state index is 0.0174. The highest BCUT2D eigenvalue weighted by Gasteiger charge is 2.37. The van der Waals surface area contributed by atoms with E-state index in [0.717, 1.165) is 16.7 Å². The molecule has 1 fully saturated rings. The summed E-state index contributed by atoms with van der Waals surface area (Å²) in [5, 5.41) is 13.9. The van der Waals surface area contributed by atoms with Gasteiger partial charge < -0.3 is 20.6 Å². The maximum Gasteiger partial charge on any atom is 0.320 e. The average molecular weight is 376 g/mol. The molecule has 1 saturated heterocycles. The molecule has 0 spiro atoms. The van der Waals surface area contributed by atoms with Crippen molar-refractivity contribution in [2.45, 2.75) is 20.8 Å². The first-order valence-electron chi connectivity index (χ1n) is 10.0. The number of aryl methyl sites for hydroxylation is 3. The van der Waals surface area contributed by atoms with Gasteiger partial charge in [0.1, 0.15) is 0 Å². The molecule has 0 aromatic heterocycles. The lowest BCUT2D eigenvalue weighted by molar-refractivity contribution is 1.19. The fourth-order valence-corrected chi connectivity index (χ4v) is 3.71. The van der Waals surface area contributed by atoms with Crippen molar-refractivity contribution in [1.82, 2.24) is 15.4 Å². The molecule has 0 aliphatic carbocycles. The molecule has 8 heteroatoms. The van der Waals surface area contributed by atoms with Gasteiger partial charge in [0.05, 0.1) is 0 Å². The Balaban J connectivity index is 1.68. The van der Waals surface area contributed by atoms with Crippen LogP contribution >= 0.6 is 0 Å². The summed E-state index contributed by atoms with van der Waals surface area (Å²) in [6.07, 6.45) is 0. The maximum atomic E-state index is 5.71. The number of nitrogens with one attached hydrogen (secondary N) is 4. The largest absolute Gasteiger partial charge is 0.437 e. The Kier molecular flexibility index (Phi) is 5.86. The van der Waals surface area contributed by atoms with Crippen molar-refractivity contribution < 1.29 is 0 Å². The van der Waals surface area contributed by atoms with E-state index in [0.29, 0.717) is 0 Å². The second-order valence-electron chi connectivity index (χ2n) is 7.84. The Bertz CT molecular complexity index is 925. The molecule has 1 aliphatic heterocycles. The van der Waals surface area contributed by atoms with E-state index >= 15 is 0 Å². The highest BCUT2D eigenvalue weighted by atomic mass is 15.1. The smallest absolute Gasteiger partial charge is 0.320 e. The van der Waals surface area contributed by atoms with E-state index < -0.39 is 0 Å². The van der Waals surface area contributed by atoms with Gasteiger partial charge in [-0.2, -0.15) is 0 Å². The van der Waals surface area contributed by atoms with Gasteiger partial charge in [-0.05, 0) is 48.8 Å². The Labute approximate surface area is 176 Å².